The summed E-state index contributed by atoms with van der Waals surface area (Å²) in [6.07, 6.45) is 3.95. The van der Waals surface area contributed by atoms with Crippen LogP contribution in [0.3, 0.4) is 0 Å². The molecule has 2 aliphatic heterocycles. The maximum atomic E-state index is 6.03. The van der Waals surface area contributed by atoms with Gasteiger partial charge in [0.05, 0.1) is 0 Å². The van der Waals surface area contributed by atoms with Gasteiger partial charge in [-0.15, -0.1) is 0 Å². The van der Waals surface area contributed by atoms with E-state index in [1.54, 1.807) is 0 Å². The molecule has 1 aromatic carbocycles. The zero-order chi connectivity index (χ0) is 13.8. The zero-order valence-corrected chi connectivity index (χ0v) is 12.6. The molecule has 0 aliphatic carbocycles. The monoisotopic (exact) mass is 294 g/mol. The molecule has 20 heavy (non-hydrogen) atoms. The van der Waals surface area contributed by atoms with Crippen molar-refractivity contribution in [2.24, 2.45) is 5.92 Å². The lowest BCUT2D eigenvalue weighted by Gasteiger charge is -2.33. The Kier molecular flexibility index (Phi) is 4.81. The third-order valence-corrected chi connectivity index (χ3v) is 4.58. The second-order valence-electron chi connectivity index (χ2n) is 5.93. The van der Waals surface area contributed by atoms with E-state index in [9.17, 15) is 0 Å². The molecule has 2 fully saturated rings. The van der Waals surface area contributed by atoms with Crippen LogP contribution in [0.25, 0.3) is 0 Å². The fraction of sp³-hybridized carbons (Fsp3) is 0.625. The van der Waals surface area contributed by atoms with Crippen LogP contribution < -0.4 is 10.1 Å². The van der Waals surface area contributed by atoms with Crippen LogP contribution in [0.2, 0.25) is 5.02 Å². The van der Waals surface area contributed by atoms with Crippen molar-refractivity contribution in [1.29, 1.82) is 0 Å². The molecule has 2 aliphatic rings. The lowest BCUT2D eigenvalue weighted by Crippen LogP contribution is -2.40. The lowest BCUT2D eigenvalue weighted by atomic mass is 10.0. The van der Waals surface area contributed by atoms with Crippen LogP contribution in [-0.2, 0) is 0 Å². The van der Waals surface area contributed by atoms with Crippen LogP contribution in [-0.4, -0.2) is 43.7 Å². The molecule has 1 N–H and O–H groups in total. The molecule has 110 valence electrons. The number of benzene rings is 1. The third kappa shape index (κ3) is 3.87. The number of ether oxygens (including phenoxy) is 1. The number of nitrogens with zero attached hydrogens (tertiary/aromatic N) is 1. The van der Waals surface area contributed by atoms with Gasteiger partial charge in [-0.3, -0.25) is 0 Å². The van der Waals surface area contributed by atoms with Crippen molar-refractivity contribution in [2.45, 2.75) is 25.4 Å². The first-order valence-corrected chi connectivity index (χ1v) is 8.03. The van der Waals surface area contributed by atoms with Gasteiger partial charge in [0.1, 0.15) is 11.9 Å². The van der Waals surface area contributed by atoms with Crippen molar-refractivity contribution >= 4 is 11.6 Å². The molecule has 0 aromatic heterocycles. The maximum absolute atomic E-state index is 6.03. The summed E-state index contributed by atoms with van der Waals surface area (Å²) in [6.45, 7) is 5.96. The van der Waals surface area contributed by atoms with Gasteiger partial charge in [0, 0.05) is 24.7 Å². The van der Waals surface area contributed by atoms with Crippen molar-refractivity contribution in [3.05, 3.63) is 29.3 Å². The van der Waals surface area contributed by atoms with Gasteiger partial charge in [-0.2, -0.15) is 0 Å². The van der Waals surface area contributed by atoms with Gasteiger partial charge >= 0.3 is 0 Å². The van der Waals surface area contributed by atoms with Gasteiger partial charge < -0.3 is 15.0 Å². The number of nitrogens with one attached hydrogen (secondary N) is 1. The van der Waals surface area contributed by atoms with Crippen LogP contribution >= 0.6 is 11.6 Å². The van der Waals surface area contributed by atoms with Crippen LogP contribution in [0.5, 0.6) is 5.75 Å². The minimum atomic E-state index is 0.356. The molecule has 3 nitrogen and oxygen atoms in total. The molecule has 0 bridgehead atoms. The third-order valence-electron chi connectivity index (χ3n) is 4.33. The van der Waals surface area contributed by atoms with Gasteiger partial charge in [-0.05, 0) is 62.5 Å². The average Bonchev–Trinajstić information content (AvgIpc) is 2.96. The predicted octanol–water partition coefficient (Wildman–Crippen LogP) is 2.79. The highest BCUT2D eigenvalue weighted by Gasteiger charge is 2.24. The van der Waals surface area contributed by atoms with E-state index in [1.165, 1.54) is 26.1 Å². The van der Waals surface area contributed by atoms with E-state index in [4.69, 9.17) is 16.3 Å². The smallest absolute Gasteiger partial charge is 0.119 e. The molecular weight excluding hydrogens is 272 g/mol. The van der Waals surface area contributed by atoms with E-state index in [-0.39, 0.29) is 0 Å². The van der Waals surface area contributed by atoms with E-state index in [1.807, 2.05) is 24.3 Å². The number of halogens is 1. The summed E-state index contributed by atoms with van der Waals surface area (Å²) >= 11 is 5.89. The first-order valence-electron chi connectivity index (χ1n) is 7.65. The number of hydrogen-bond acceptors (Lipinski definition) is 3. The predicted molar refractivity (Wildman–Crippen MR) is 82.5 cm³/mol. The molecule has 1 unspecified atom stereocenters. The Morgan fingerprint density at radius 3 is 2.55 bits per heavy atom. The van der Waals surface area contributed by atoms with Gasteiger partial charge in [0.15, 0.2) is 0 Å². The Balaban J connectivity index is 1.42. The Morgan fingerprint density at radius 1 is 1.15 bits per heavy atom. The van der Waals surface area contributed by atoms with Crippen molar-refractivity contribution in [3.8, 4) is 5.75 Å². The van der Waals surface area contributed by atoms with Gasteiger partial charge in [-0.1, -0.05) is 11.6 Å². The van der Waals surface area contributed by atoms with Crippen LogP contribution in [0, 0.1) is 5.92 Å². The number of likely N-dealkylation sites (tertiary alicyclic amines) is 1. The minimum Gasteiger partial charge on any atom is -0.490 e. The van der Waals surface area contributed by atoms with Crippen molar-refractivity contribution < 1.29 is 4.74 Å². The molecule has 0 amide bonds. The fourth-order valence-electron chi connectivity index (χ4n) is 3.15. The van der Waals surface area contributed by atoms with Crippen molar-refractivity contribution in [3.63, 3.8) is 0 Å². The second-order valence-corrected chi connectivity index (χ2v) is 6.37. The topological polar surface area (TPSA) is 24.5 Å². The van der Waals surface area contributed by atoms with E-state index in [2.05, 4.69) is 10.2 Å². The van der Waals surface area contributed by atoms with Crippen LogP contribution in [0.4, 0.5) is 0 Å². The largest absolute Gasteiger partial charge is 0.490 e. The number of rotatable bonds is 4. The quantitative estimate of drug-likeness (QED) is 0.924. The van der Waals surface area contributed by atoms with Gasteiger partial charge in [0.25, 0.3) is 0 Å². The average molecular weight is 295 g/mol. The Labute approximate surface area is 126 Å². The highest BCUT2D eigenvalue weighted by Crippen LogP contribution is 2.22. The summed E-state index contributed by atoms with van der Waals surface area (Å²) in [7, 11) is 0. The molecule has 0 radical (unpaired) electrons. The van der Waals surface area contributed by atoms with E-state index in [0.29, 0.717) is 6.10 Å². The van der Waals surface area contributed by atoms with Crippen LogP contribution in [0.1, 0.15) is 19.3 Å². The summed E-state index contributed by atoms with van der Waals surface area (Å²) in [4.78, 5) is 2.60. The first kappa shape index (κ1) is 14.2. The Morgan fingerprint density at radius 2 is 1.90 bits per heavy atom. The van der Waals surface area contributed by atoms with Gasteiger partial charge in [0.2, 0.25) is 0 Å². The van der Waals surface area contributed by atoms with Crippen molar-refractivity contribution in [1.82, 2.24) is 10.2 Å². The summed E-state index contributed by atoms with van der Waals surface area (Å²) in [5.74, 6) is 1.79. The summed E-state index contributed by atoms with van der Waals surface area (Å²) in [5.41, 5.74) is 0. The molecule has 4 heteroatoms. The molecular formula is C16H23ClN2O. The number of piperidine rings is 1. The van der Waals surface area contributed by atoms with Gasteiger partial charge in [-0.25, -0.2) is 0 Å². The highest BCUT2D eigenvalue weighted by molar-refractivity contribution is 6.30. The summed E-state index contributed by atoms with van der Waals surface area (Å²) in [5, 5.41) is 4.21. The molecule has 0 spiro atoms. The van der Waals surface area contributed by atoms with E-state index in [0.717, 1.165) is 42.6 Å². The Hall–Kier alpha value is -0.770. The summed E-state index contributed by atoms with van der Waals surface area (Å²) < 4.78 is 6.03. The minimum absolute atomic E-state index is 0.356. The Bertz CT molecular complexity index is 409. The molecule has 1 aromatic rings. The first-order chi connectivity index (χ1) is 9.79. The van der Waals surface area contributed by atoms with E-state index < -0.39 is 0 Å². The molecule has 0 saturated carbocycles. The van der Waals surface area contributed by atoms with Crippen molar-refractivity contribution in [2.75, 3.05) is 32.7 Å². The lowest BCUT2D eigenvalue weighted by molar-refractivity contribution is 0.0928. The fourth-order valence-corrected chi connectivity index (χ4v) is 3.28. The normalized spacial score (nSPS) is 24.9. The number of hydrogen-bond donors (Lipinski definition) is 1. The molecule has 3 rings (SSSR count). The summed E-state index contributed by atoms with van der Waals surface area (Å²) in [6, 6.07) is 7.69. The highest BCUT2D eigenvalue weighted by atomic mass is 35.5. The zero-order valence-electron chi connectivity index (χ0n) is 11.9. The second kappa shape index (κ2) is 6.79. The van der Waals surface area contributed by atoms with Crippen LogP contribution in [0.15, 0.2) is 24.3 Å². The molecule has 1 atom stereocenters. The SMILES string of the molecule is Clc1ccc(OC2CCN(CC3CCNC3)CC2)cc1. The van der Waals surface area contributed by atoms with E-state index >= 15 is 0 Å². The standard InChI is InChI=1S/C16H23ClN2O/c17-14-1-3-15(4-2-14)20-16-6-9-19(10-7-16)12-13-5-8-18-11-13/h1-4,13,16,18H,5-12H2. The molecule has 2 heterocycles. The molecule has 2 saturated heterocycles. The maximum Gasteiger partial charge on any atom is 0.119 e.